The summed E-state index contributed by atoms with van der Waals surface area (Å²) in [6.07, 6.45) is 0.318. The monoisotopic (exact) mass is 349 g/mol. The van der Waals surface area contributed by atoms with Crippen LogP contribution in [0.1, 0.15) is 12.5 Å². The van der Waals surface area contributed by atoms with Gasteiger partial charge in [0.15, 0.2) is 0 Å². The van der Waals surface area contributed by atoms with E-state index in [-0.39, 0.29) is 6.61 Å². The van der Waals surface area contributed by atoms with Crippen molar-refractivity contribution >= 4 is 29.5 Å². The van der Waals surface area contributed by atoms with Gasteiger partial charge in [0.25, 0.3) is 0 Å². The smallest absolute Gasteiger partial charge is 0.418 e. The zero-order valence-electron chi connectivity index (χ0n) is 13.9. The summed E-state index contributed by atoms with van der Waals surface area (Å²) in [5.74, 6) is -0.782. The van der Waals surface area contributed by atoms with E-state index in [1.54, 1.807) is 31.2 Å². The number of benzene rings is 1. The van der Waals surface area contributed by atoms with Crippen LogP contribution in [0.3, 0.4) is 0 Å². The van der Waals surface area contributed by atoms with Crippen molar-refractivity contribution < 1.29 is 29.1 Å². The molecule has 0 aliphatic carbocycles. The number of oxime groups is 1. The molecule has 0 saturated heterocycles. The summed E-state index contributed by atoms with van der Waals surface area (Å²) in [7, 11) is 1.14. The van der Waals surface area contributed by atoms with Crippen LogP contribution in [0.4, 0.5) is 15.3 Å². The molecule has 2 N–H and O–H groups in total. The molecule has 0 aliphatic rings. The quantitative estimate of drug-likeness (QED) is 0.267. The van der Waals surface area contributed by atoms with Crippen LogP contribution < -0.4 is 5.32 Å². The maximum Gasteiger partial charge on any atom is 0.418 e. The van der Waals surface area contributed by atoms with E-state index >= 15 is 0 Å². The van der Waals surface area contributed by atoms with Gasteiger partial charge in [-0.3, -0.25) is 4.79 Å². The van der Waals surface area contributed by atoms with Crippen LogP contribution >= 0.6 is 0 Å². The molecule has 0 atom stereocenters. The van der Waals surface area contributed by atoms with Crippen LogP contribution in [0.2, 0.25) is 0 Å². The zero-order chi connectivity index (χ0) is 18.8. The first kappa shape index (κ1) is 19.7. The molecule has 134 valence electrons. The van der Waals surface area contributed by atoms with Crippen LogP contribution in [-0.2, 0) is 14.3 Å². The number of esters is 1. The minimum atomic E-state index is -1.01. The first-order valence-corrected chi connectivity index (χ1v) is 7.15. The number of amides is 3. The van der Waals surface area contributed by atoms with Crippen molar-refractivity contribution in [2.24, 2.45) is 5.16 Å². The first-order valence-electron chi connectivity index (χ1n) is 7.15. The Hall–Kier alpha value is -3.36. The van der Waals surface area contributed by atoms with E-state index in [0.29, 0.717) is 21.9 Å². The number of methoxy groups -OCH3 is 1. The van der Waals surface area contributed by atoms with Gasteiger partial charge in [0, 0.05) is 5.69 Å². The molecule has 0 aliphatic heterocycles. The summed E-state index contributed by atoms with van der Waals surface area (Å²) in [6.45, 7) is 4.29. The van der Waals surface area contributed by atoms with Gasteiger partial charge in [-0.2, -0.15) is 0 Å². The lowest BCUT2D eigenvalue weighted by atomic mass is 10.1. The molecular weight excluding hydrogens is 330 g/mol. The fraction of sp³-hybridized carbons (Fsp3) is 0.250. The fourth-order valence-corrected chi connectivity index (χ4v) is 1.66. The number of anilines is 1. The molecule has 25 heavy (non-hydrogen) atoms. The Balaban J connectivity index is 2.87. The Kier molecular flexibility index (Phi) is 7.64. The van der Waals surface area contributed by atoms with E-state index in [2.05, 4.69) is 21.8 Å². The summed E-state index contributed by atoms with van der Waals surface area (Å²) in [5.41, 5.74) is 1.42. The van der Waals surface area contributed by atoms with Crippen LogP contribution in [0.5, 0.6) is 0 Å². The van der Waals surface area contributed by atoms with Gasteiger partial charge in [-0.05, 0) is 24.6 Å². The molecule has 0 spiro atoms. The predicted molar refractivity (Wildman–Crippen MR) is 89.7 cm³/mol. The van der Waals surface area contributed by atoms with Gasteiger partial charge < -0.3 is 20.0 Å². The van der Waals surface area contributed by atoms with Crippen molar-refractivity contribution in [3.05, 3.63) is 42.5 Å². The highest BCUT2D eigenvalue weighted by atomic mass is 16.6. The van der Waals surface area contributed by atoms with Crippen LogP contribution in [0.15, 0.2) is 42.1 Å². The topological polar surface area (TPSA) is 118 Å². The molecule has 1 aromatic carbocycles. The lowest BCUT2D eigenvalue weighted by Crippen LogP contribution is -2.43. The number of carbonyl (C=O) groups is 3. The van der Waals surface area contributed by atoms with Crippen molar-refractivity contribution in [1.82, 2.24) is 4.90 Å². The Labute approximate surface area is 144 Å². The Morgan fingerprint density at radius 3 is 2.48 bits per heavy atom. The average Bonchev–Trinajstić information content (AvgIpc) is 2.63. The van der Waals surface area contributed by atoms with Crippen LogP contribution in [-0.4, -0.2) is 54.2 Å². The highest BCUT2D eigenvalue weighted by molar-refractivity contribution is 6.02. The minimum absolute atomic E-state index is 0.113. The summed E-state index contributed by atoms with van der Waals surface area (Å²) >= 11 is 0. The van der Waals surface area contributed by atoms with Crippen molar-refractivity contribution in [2.45, 2.75) is 6.92 Å². The number of hydrogen-bond donors (Lipinski definition) is 2. The molecule has 0 heterocycles. The number of carbonyl (C=O) groups excluding carboxylic acids is 3. The SMILES string of the molecule is C=CCOC(=O)N(CC(=O)OC)C(=O)Nc1ccc(C(C)=NO)cc1. The Bertz CT molecular complexity index is 669. The molecule has 0 unspecified atom stereocenters. The number of ether oxygens (including phenoxy) is 2. The predicted octanol–water partition coefficient (Wildman–Crippen LogP) is 2.21. The number of nitrogens with one attached hydrogen (secondary N) is 1. The first-order chi connectivity index (χ1) is 11.9. The summed E-state index contributed by atoms with van der Waals surface area (Å²) in [5, 5.41) is 14.3. The van der Waals surface area contributed by atoms with Gasteiger partial charge in [-0.25, -0.2) is 14.5 Å². The van der Waals surface area contributed by atoms with E-state index in [4.69, 9.17) is 9.94 Å². The van der Waals surface area contributed by atoms with E-state index in [1.165, 1.54) is 6.08 Å². The van der Waals surface area contributed by atoms with Gasteiger partial charge in [-0.15, -0.1) is 0 Å². The van der Waals surface area contributed by atoms with E-state index in [0.717, 1.165) is 7.11 Å². The third kappa shape index (κ3) is 5.98. The summed E-state index contributed by atoms with van der Waals surface area (Å²) in [4.78, 5) is 36.1. The highest BCUT2D eigenvalue weighted by Gasteiger charge is 2.26. The van der Waals surface area contributed by atoms with E-state index < -0.39 is 24.6 Å². The van der Waals surface area contributed by atoms with Crippen molar-refractivity contribution in [3.63, 3.8) is 0 Å². The third-order valence-corrected chi connectivity index (χ3v) is 3.01. The summed E-state index contributed by atoms with van der Waals surface area (Å²) < 4.78 is 9.24. The molecular formula is C16H19N3O6. The van der Waals surface area contributed by atoms with Gasteiger partial charge >= 0.3 is 18.1 Å². The van der Waals surface area contributed by atoms with Crippen molar-refractivity contribution in [2.75, 3.05) is 25.6 Å². The lowest BCUT2D eigenvalue weighted by Gasteiger charge is -2.19. The maximum atomic E-state index is 12.3. The molecule has 0 saturated carbocycles. The Morgan fingerprint density at radius 1 is 1.32 bits per heavy atom. The summed E-state index contributed by atoms with van der Waals surface area (Å²) in [6, 6.07) is 5.47. The highest BCUT2D eigenvalue weighted by Crippen LogP contribution is 2.12. The van der Waals surface area contributed by atoms with Crippen molar-refractivity contribution in [1.29, 1.82) is 0 Å². The second-order valence-electron chi connectivity index (χ2n) is 4.72. The van der Waals surface area contributed by atoms with Gasteiger partial charge in [-0.1, -0.05) is 29.9 Å². The minimum Gasteiger partial charge on any atom is -0.468 e. The van der Waals surface area contributed by atoms with E-state index in [1.807, 2.05) is 0 Å². The standard InChI is InChI=1S/C16H19N3O6/c1-4-9-25-16(22)19(10-14(20)24-3)15(21)17-13-7-5-12(6-8-13)11(2)18-23/h4-8,23H,1,9-10H2,2-3H3,(H,17,21). The Morgan fingerprint density at radius 2 is 1.96 bits per heavy atom. The zero-order valence-corrected chi connectivity index (χ0v) is 13.9. The lowest BCUT2D eigenvalue weighted by molar-refractivity contribution is -0.140. The maximum absolute atomic E-state index is 12.3. The molecule has 1 rings (SSSR count). The molecule has 9 nitrogen and oxygen atoms in total. The molecule has 0 aromatic heterocycles. The molecule has 9 heteroatoms. The normalized spacial score (nSPS) is 10.6. The number of urea groups is 1. The molecule has 0 fully saturated rings. The molecule has 0 bridgehead atoms. The second-order valence-corrected chi connectivity index (χ2v) is 4.72. The van der Waals surface area contributed by atoms with Crippen molar-refractivity contribution in [3.8, 4) is 0 Å². The van der Waals surface area contributed by atoms with Crippen LogP contribution in [0.25, 0.3) is 0 Å². The number of hydrogen-bond acceptors (Lipinski definition) is 7. The van der Waals surface area contributed by atoms with Gasteiger partial charge in [0.05, 0.1) is 12.8 Å². The number of nitrogens with zero attached hydrogens (tertiary/aromatic N) is 2. The molecule has 0 radical (unpaired) electrons. The van der Waals surface area contributed by atoms with E-state index in [9.17, 15) is 14.4 Å². The second kappa shape index (κ2) is 9.71. The largest absolute Gasteiger partial charge is 0.468 e. The number of rotatable bonds is 6. The molecule has 1 aromatic rings. The van der Waals surface area contributed by atoms with Gasteiger partial charge in [0.1, 0.15) is 13.2 Å². The fourth-order valence-electron chi connectivity index (χ4n) is 1.66. The number of imide groups is 1. The van der Waals surface area contributed by atoms with Crippen LogP contribution in [0, 0.1) is 0 Å². The average molecular weight is 349 g/mol. The van der Waals surface area contributed by atoms with Gasteiger partial charge in [0.2, 0.25) is 0 Å². The third-order valence-electron chi connectivity index (χ3n) is 3.01. The molecule has 3 amide bonds.